The Kier molecular flexibility index (Phi) is 15.8. The van der Waals surface area contributed by atoms with E-state index >= 15 is 0 Å². The molecule has 0 atom stereocenters. The number of benzene rings is 8. The number of methoxy groups -OCH3 is 3. The second kappa shape index (κ2) is 22.2. The minimum absolute atomic E-state index is 0.0280. The fraction of sp³-hybridized carbons (Fsp3) is 0.105. The topological polar surface area (TPSA) is 88.1 Å². The van der Waals surface area contributed by atoms with Gasteiger partial charge in [-0.05, 0) is 128 Å². The highest BCUT2D eigenvalue weighted by Crippen LogP contribution is 2.26. The monoisotopic (exact) mass is 846 g/mol. The predicted molar refractivity (Wildman–Crippen MR) is 255 cm³/mol. The maximum atomic E-state index is 12.6. The minimum atomic E-state index is -0.0754. The molecule has 0 heterocycles. The van der Waals surface area contributed by atoms with Gasteiger partial charge in [-0.2, -0.15) is 0 Å². The zero-order valence-electron chi connectivity index (χ0n) is 36.8. The van der Waals surface area contributed by atoms with Crippen LogP contribution in [0.15, 0.2) is 194 Å². The van der Waals surface area contributed by atoms with Crippen LogP contribution < -0.4 is 18.9 Å². The third kappa shape index (κ3) is 12.5. The summed E-state index contributed by atoms with van der Waals surface area (Å²) in [6.07, 6.45) is 0. The maximum absolute atomic E-state index is 12.6. The first-order valence-electron chi connectivity index (χ1n) is 20.7. The molecule has 0 N–H and O–H groups in total. The summed E-state index contributed by atoms with van der Waals surface area (Å²) in [6.45, 7) is 5.98. The standard InChI is InChI=1S/C22H18O2.C21H18O3.C14H14O2/c1-15-6-10-17(11-7-15)21(23)19-4-3-5-20(14-19)22(24)18-12-8-16(2)9-13-18;1-15-4-3-5-20(14-15)24-19-12-8-17(9-13-19)21(22)16-6-10-18(23-2)11-7-16;1-15-13-7-3-11(4-8-13)12-5-9-14(16-2)10-6-12/h2*3-14H,1-2H3;3-10H,1-2H3. The van der Waals surface area contributed by atoms with E-state index in [2.05, 4.69) is 0 Å². The number of carbonyl (C=O) groups is 3. The van der Waals surface area contributed by atoms with Crippen LogP contribution in [0.4, 0.5) is 0 Å². The number of hydrogen-bond donors (Lipinski definition) is 0. The highest BCUT2D eigenvalue weighted by molar-refractivity contribution is 6.13. The number of carbonyl (C=O) groups excluding carboxylic acids is 3. The Bertz CT molecular complexity index is 2650. The van der Waals surface area contributed by atoms with E-state index in [1.165, 1.54) is 11.1 Å². The lowest BCUT2D eigenvalue weighted by atomic mass is 9.97. The van der Waals surface area contributed by atoms with Gasteiger partial charge in [0.2, 0.25) is 0 Å². The molecule has 8 rings (SSSR count). The number of rotatable bonds is 12. The first-order valence-corrected chi connectivity index (χ1v) is 20.7. The van der Waals surface area contributed by atoms with E-state index in [0.29, 0.717) is 39.1 Å². The normalized spacial score (nSPS) is 10.2. The lowest BCUT2D eigenvalue weighted by molar-refractivity contribution is 0.102. The molecule has 7 heteroatoms. The van der Waals surface area contributed by atoms with Crippen LogP contribution in [0.2, 0.25) is 0 Å². The molecule has 8 aromatic carbocycles. The van der Waals surface area contributed by atoms with Crippen molar-refractivity contribution in [2.45, 2.75) is 20.8 Å². The Morgan fingerprint density at radius 1 is 0.297 bits per heavy atom. The van der Waals surface area contributed by atoms with Crippen LogP contribution in [0.25, 0.3) is 11.1 Å². The minimum Gasteiger partial charge on any atom is -0.497 e. The molecule has 0 amide bonds. The van der Waals surface area contributed by atoms with Crippen molar-refractivity contribution in [1.29, 1.82) is 0 Å². The number of ketones is 3. The first-order chi connectivity index (χ1) is 31.0. The SMILES string of the molecule is COc1ccc(-c2ccc(OC)cc2)cc1.COc1ccc(C(=O)c2ccc(Oc3cccc(C)c3)cc2)cc1.Cc1ccc(C(=O)c2cccc(C(=O)c3ccc(C)cc3)c2)cc1. The van der Waals surface area contributed by atoms with Crippen molar-refractivity contribution in [2.75, 3.05) is 21.3 Å². The molecule has 0 aliphatic heterocycles. The van der Waals surface area contributed by atoms with Crippen molar-refractivity contribution >= 4 is 17.3 Å². The summed E-state index contributed by atoms with van der Waals surface area (Å²) < 4.78 is 21.2. The Labute approximate surface area is 375 Å². The Morgan fingerprint density at radius 2 is 0.625 bits per heavy atom. The largest absolute Gasteiger partial charge is 0.497 e. The van der Waals surface area contributed by atoms with Crippen molar-refractivity contribution in [3.05, 3.63) is 244 Å². The van der Waals surface area contributed by atoms with E-state index in [1.54, 1.807) is 94.1 Å². The molecular formula is C57H50O7. The van der Waals surface area contributed by atoms with E-state index in [4.69, 9.17) is 18.9 Å². The first kappa shape index (κ1) is 45.5. The molecule has 8 aromatic rings. The van der Waals surface area contributed by atoms with Crippen LogP contribution >= 0.6 is 0 Å². The summed E-state index contributed by atoms with van der Waals surface area (Å²) in [5, 5.41) is 0. The van der Waals surface area contributed by atoms with E-state index in [-0.39, 0.29) is 17.3 Å². The Morgan fingerprint density at radius 3 is 1.00 bits per heavy atom. The predicted octanol–water partition coefficient (Wildman–Crippen LogP) is 13.2. The van der Waals surface area contributed by atoms with Gasteiger partial charge in [0.15, 0.2) is 17.3 Å². The van der Waals surface area contributed by atoms with Gasteiger partial charge in [-0.15, -0.1) is 0 Å². The van der Waals surface area contributed by atoms with Gasteiger partial charge in [-0.25, -0.2) is 0 Å². The molecule has 0 aliphatic carbocycles. The highest BCUT2D eigenvalue weighted by Gasteiger charge is 2.14. The smallest absolute Gasteiger partial charge is 0.193 e. The molecule has 0 aliphatic rings. The summed E-state index contributed by atoms with van der Waals surface area (Å²) in [6, 6.07) is 59.9. The fourth-order valence-corrected chi connectivity index (χ4v) is 6.51. The van der Waals surface area contributed by atoms with Gasteiger partial charge in [0.05, 0.1) is 21.3 Å². The van der Waals surface area contributed by atoms with Crippen LogP contribution in [0.3, 0.4) is 0 Å². The lowest BCUT2D eigenvalue weighted by Crippen LogP contribution is -2.06. The van der Waals surface area contributed by atoms with Crippen LogP contribution in [0, 0.1) is 20.8 Å². The molecule has 0 saturated carbocycles. The molecule has 0 saturated heterocycles. The molecule has 0 fully saturated rings. The summed E-state index contributed by atoms with van der Waals surface area (Å²) in [5.74, 6) is 3.78. The van der Waals surface area contributed by atoms with Gasteiger partial charge in [0.1, 0.15) is 28.7 Å². The summed E-state index contributed by atoms with van der Waals surface area (Å²) >= 11 is 0. The molecule has 64 heavy (non-hydrogen) atoms. The van der Waals surface area contributed by atoms with Crippen molar-refractivity contribution in [3.63, 3.8) is 0 Å². The highest BCUT2D eigenvalue weighted by atomic mass is 16.5. The van der Waals surface area contributed by atoms with E-state index in [9.17, 15) is 14.4 Å². The molecule has 0 unspecified atom stereocenters. The van der Waals surface area contributed by atoms with Crippen molar-refractivity contribution in [1.82, 2.24) is 0 Å². The van der Waals surface area contributed by atoms with Crippen LogP contribution in [0.5, 0.6) is 28.7 Å². The summed E-state index contributed by atoms with van der Waals surface area (Å²) in [4.78, 5) is 37.7. The summed E-state index contributed by atoms with van der Waals surface area (Å²) in [7, 11) is 4.94. The average Bonchev–Trinajstić information content (AvgIpc) is 3.34. The van der Waals surface area contributed by atoms with Gasteiger partial charge >= 0.3 is 0 Å². The molecular weight excluding hydrogens is 797 g/mol. The summed E-state index contributed by atoms with van der Waals surface area (Å²) in [5.41, 5.74) is 9.24. The van der Waals surface area contributed by atoms with Crippen LogP contribution in [-0.4, -0.2) is 38.7 Å². The Balaban J connectivity index is 0.000000163. The molecule has 0 aromatic heterocycles. The quantitative estimate of drug-likeness (QED) is 0.113. The van der Waals surface area contributed by atoms with Crippen LogP contribution in [0.1, 0.15) is 64.5 Å². The molecule has 0 bridgehead atoms. The van der Waals surface area contributed by atoms with Gasteiger partial charge < -0.3 is 18.9 Å². The third-order valence-corrected chi connectivity index (χ3v) is 10.2. The fourth-order valence-electron chi connectivity index (χ4n) is 6.51. The van der Waals surface area contributed by atoms with E-state index < -0.39 is 0 Å². The molecule has 0 radical (unpaired) electrons. The zero-order valence-corrected chi connectivity index (χ0v) is 36.8. The second-order valence-corrected chi connectivity index (χ2v) is 14.9. The lowest BCUT2D eigenvalue weighted by Gasteiger charge is -2.07. The van der Waals surface area contributed by atoms with E-state index in [0.717, 1.165) is 39.7 Å². The molecule has 7 nitrogen and oxygen atoms in total. The zero-order chi connectivity index (χ0) is 45.4. The maximum Gasteiger partial charge on any atom is 0.193 e. The average molecular weight is 847 g/mol. The van der Waals surface area contributed by atoms with Crippen molar-refractivity contribution < 1.29 is 33.3 Å². The molecule has 320 valence electrons. The second-order valence-electron chi connectivity index (χ2n) is 14.9. The van der Waals surface area contributed by atoms with Crippen molar-refractivity contribution in [2.24, 2.45) is 0 Å². The van der Waals surface area contributed by atoms with Gasteiger partial charge in [0.25, 0.3) is 0 Å². The molecule has 0 spiro atoms. The van der Waals surface area contributed by atoms with Gasteiger partial charge in [0, 0.05) is 33.4 Å². The number of hydrogen-bond acceptors (Lipinski definition) is 7. The van der Waals surface area contributed by atoms with Crippen molar-refractivity contribution in [3.8, 4) is 39.9 Å². The third-order valence-electron chi connectivity index (χ3n) is 10.2. The number of ether oxygens (including phenoxy) is 4. The van der Waals surface area contributed by atoms with Gasteiger partial charge in [-0.1, -0.05) is 114 Å². The Hall–Kier alpha value is -8.03. The van der Waals surface area contributed by atoms with Gasteiger partial charge in [-0.3, -0.25) is 14.4 Å². The van der Waals surface area contributed by atoms with E-state index in [1.807, 2.05) is 142 Å². The van der Waals surface area contributed by atoms with Crippen LogP contribution in [-0.2, 0) is 0 Å². The number of aryl methyl sites for hydroxylation is 3.